The maximum atomic E-state index is 9.01. The van der Waals surface area contributed by atoms with Gasteiger partial charge in [0.2, 0.25) is 0 Å². The molecule has 0 aromatic carbocycles. The molecule has 0 rings (SSSR count). The third-order valence-corrected chi connectivity index (χ3v) is 0.898. The second kappa shape index (κ2) is 3.02. The Morgan fingerprint density at radius 2 is 2.12 bits per heavy atom. The van der Waals surface area contributed by atoms with Crippen molar-refractivity contribution >= 4 is 0 Å². The lowest BCUT2D eigenvalue weighted by molar-refractivity contribution is 0.00422. The molecule has 0 unspecified atom stereocenters. The molecule has 0 spiro atoms. The average Bonchev–Trinajstić information content (AvgIpc) is 1.67. The van der Waals surface area contributed by atoms with Gasteiger partial charge in [0, 0.05) is 6.54 Å². The Balaban J connectivity index is 3.37. The molecule has 8 heavy (non-hydrogen) atoms. The number of hydrogen-bond donors (Lipinski definition) is 3. The van der Waals surface area contributed by atoms with Gasteiger partial charge in [0.15, 0.2) is 0 Å². The van der Waals surface area contributed by atoms with Crippen LogP contribution in [0.25, 0.3) is 0 Å². The van der Waals surface area contributed by atoms with E-state index in [1.165, 1.54) is 0 Å². The molecular weight excluding hydrogens is 106 g/mol. The molecule has 0 aliphatic carbocycles. The van der Waals surface area contributed by atoms with E-state index in [1.54, 1.807) is 14.0 Å². The Labute approximate surface area is 49.3 Å². The minimum absolute atomic E-state index is 0.201. The van der Waals surface area contributed by atoms with E-state index in [-0.39, 0.29) is 6.61 Å². The van der Waals surface area contributed by atoms with E-state index in [9.17, 15) is 0 Å². The Morgan fingerprint density at radius 3 is 2.25 bits per heavy atom. The number of likely N-dealkylation sites (N-methyl/N-ethyl adjacent to an activating group) is 1. The average molecular weight is 119 g/mol. The Kier molecular flexibility index (Phi) is 2.97. The molecule has 50 valence electrons. The summed E-state index contributed by atoms with van der Waals surface area (Å²) >= 11 is 0. The summed E-state index contributed by atoms with van der Waals surface area (Å²) in [6, 6.07) is 0. The van der Waals surface area contributed by atoms with Crippen LogP contribution in [0.1, 0.15) is 6.92 Å². The fraction of sp³-hybridized carbons (Fsp3) is 1.00. The smallest absolute Gasteiger partial charge is 0.0972 e. The van der Waals surface area contributed by atoms with Crippen molar-refractivity contribution in [2.24, 2.45) is 0 Å². The fourth-order valence-corrected chi connectivity index (χ4v) is 0.437. The number of nitrogens with one attached hydrogen (secondary N) is 1. The van der Waals surface area contributed by atoms with Crippen molar-refractivity contribution in [2.45, 2.75) is 12.5 Å². The van der Waals surface area contributed by atoms with Crippen LogP contribution in [0.2, 0.25) is 0 Å². The van der Waals surface area contributed by atoms with Crippen LogP contribution in [0.3, 0.4) is 0 Å². The van der Waals surface area contributed by atoms with Gasteiger partial charge in [-0.2, -0.15) is 0 Å². The molecule has 3 nitrogen and oxygen atoms in total. The van der Waals surface area contributed by atoms with Gasteiger partial charge < -0.3 is 15.5 Å². The lowest BCUT2D eigenvalue weighted by Gasteiger charge is -2.18. The summed E-state index contributed by atoms with van der Waals surface area (Å²) in [5.41, 5.74) is -0.964. The van der Waals surface area contributed by atoms with E-state index < -0.39 is 5.60 Å². The van der Waals surface area contributed by atoms with E-state index in [0.717, 1.165) is 0 Å². The zero-order valence-electron chi connectivity index (χ0n) is 5.31. The molecule has 0 fully saturated rings. The van der Waals surface area contributed by atoms with Gasteiger partial charge in [0.1, 0.15) is 0 Å². The van der Waals surface area contributed by atoms with Crippen LogP contribution in [-0.4, -0.2) is 36.0 Å². The van der Waals surface area contributed by atoms with Crippen molar-refractivity contribution < 1.29 is 10.2 Å². The van der Waals surface area contributed by atoms with Crippen molar-refractivity contribution in [3.63, 3.8) is 0 Å². The predicted octanol–water partition coefficient (Wildman–Crippen LogP) is -1.05. The summed E-state index contributed by atoms with van der Waals surface area (Å²) in [6.07, 6.45) is 0. The lowest BCUT2D eigenvalue weighted by Crippen LogP contribution is -2.39. The number of aliphatic hydroxyl groups excluding tert-OH is 1. The van der Waals surface area contributed by atoms with Gasteiger partial charge >= 0.3 is 0 Å². The molecule has 0 aromatic heterocycles. The van der Waals surface area contributed by atoms with Crippen molar-refractivity contribution in [1.29, 1.82) is 0 Å². The van der Waals surface area contributed by atoms with Crippen LogP contribution >= 0.6 is 0 Å². The highest BCUT2D eigenvalue weighted by molar-refractivity contribution is 4.71. The van der Waals surface area contributed by atoms with Gasteiger partial charge in [-0.15, -0.1) is 0 Å². The van der Waals surface area contributed by atoms with Crippen LogP contribution in [0.15, 0.2) is 0 Å². The van der Waals surface area contributed by atoms with Gasteiger partial charge in [-0.25, -0.2) is 0 Å². The summed E-state index contributed by atoms with van der Waals surface area (Å²) in [4.78, 5) is 0. The van der Waals surface area contributed by atoms with Crippen LogP contribution in [0.5, 0.6) is 0 Å². The first-order valence-corrected chi connectivity index (χ1v) is 2.60. The van der Waals surface area contributed by atoms with E-state index >= 15 is 0 Å². The molecule has 0 saturated heterocycles. The molecule has 0 amide bonds. The molecule has 0 aliphatic rings. The molecule has 0 aliphatic heterocycles. The minimum atomic E-state index is -0.964. The third-order valence-electron chi connectivity index (χ3n) is 0.898. The number of hydrogen-bond acceptors (Lipinski definition) is 3. The van der Waals surface area contributed by atoms with Crippen molar-refractivity contribution in [1.82, 2.24) is 5.32 Å². The molecule has 0 radical (unpaired) electrons. The fourth-order valence-electron chi connectivity index (χ4n) is 0.437. The summed E-state index contributed by atoms with van der Waals surface area (Å²) in [5, 5.41) is 20.2. The zero-order valence-corrected chi connectivity index (χ0v) is 5.31. The minimum Gasteiger partial charge on any atom is -0.393 e. The second-order valence-corrected chi connectivity index (χ2v) is 2.19. The van der Waals surface area contributed by atoms with Crippen LogP contribution in [0, 0.1) is 0 Å². The highest BCUT2D eigenvalue weighted by Gasteiger charge is 2.16. The van der Waals surface area contributed by atoms with E-state index in [0.29, 0.717) is 6.54 Å². The number of aliphatic hydroxyl groups is 2. The summed E-state index contributed by atoms with van der Waals surface area (Å²) in [5.74, 6) is 0. The van der Waals surface area contributed by atoms with Crippen LogP contribution in [-0.2, 0) is 0 Å². The largest absolute Gasteiger partial charge is 0.393 e. The van der Waals surface area contributed by atoms with E-state index in [1.807, 2.05) is 0 Å². The third kappa shape index (κ3) is 2.96. The van der Waals surface area contributed by atoms with Gasteiger partial charge in [-0.3, -0.25) is 0 Å². The Morgan fingerprint density at radius 1 is 1.62 bits per heavy atom. The highest BCUT2D eigenvalue weighted by Crippen LogP contribution is 1.96. The summed E-state index contributed by atoms with van der Waals surface area (Å²) < 4.78 is 0. The molecule has 0 aromatic rings. The van der Waals surface area contributed by atoms with E-state index in [4.69, 9.17) is 10.2 Å². The van der Waals surface area contributed by atoms with E-state index in [2.05, 4.69) is 5.32 Å². The molecule has 3 heteroatoms. The zero-order chi connectivity index (χ0) is 6.62. The summed E-state index contributed by atoms with van der Waals surface area (Å²) in [6.45, 7) is 1.79. The van der Waals surface area contributed by atoms with Crippen molar-refractivity contribution in [2.75, 3.05) is 20.2 Å². The van der Waals surface area contributed by atoms with Gasteiger partial charge in [0.25, 0.3) is 0 Å². The van der Waals surface area contributed by atoms with Crippen molar-refractivity contribution in [3.8, 4) is 0 Å². The van der Waals surface area contributed by atoms with Crippen LogP contribution < -0.4 is 5.32 Å². The number of rotatable bonds is 3. The standard InChI is InChI=1S/C5H13NO2/c1-5(8,4-7)3-6-2/h6-8H,3-4H2,1-2H3/t5-/m1/s1. The van der Waals surface area contributed by atoms with Gasteiger partial charge in [0.05, 0.1) is 12.2 Å². The topological polar surface area (TPSA) is 52.5 Å². The van der Waals surface area contributed by atoms with Crippen LogP contribution in [0.4, 0.5) is 0 Å². The highest BCUT2D eigenvalue weighted by atomic mass is 16.3. The van der Waals surface area contributed by atoms with Crippen molar-refractivity contribution in [3.05, 3.63) is 0 Å². The maximum Gasteiger partial charge on any atom is 0.0972 e. The molecule has 0 saturated carbocycles. The molecular formula is C5H13NO2. The predicted molar refractivity (Wildman–Crippen MR) is 31.6 cm³/mol. The SMILES string of the molecule is CNC[C@@](C)(O)CO. The maximum absolute atomic E-state index is 9.01. The first kappa shape index (κ1) is 7.88. The molecule has 0 heterocycles. The first-order valence-electron chi connectivity index (χ1n) is 2.60. The normalized spacial score (nSPS) is 18.0. The molecule has 0 bridgehead atoms. The Bertz CT molecular complexity index is 63.4. The quantitative estimate of drug-likeness (QED) is 0.444. The lowest BCUT2D eigenvalue weighted by atomic mass is 10.1. The van der Waals surface area contributed by atoms with Gasteiger partial charge in [-0.05, 0) is 14.0 Å². The first-order chi connectivity index (χ1) is 3.62. The molecule has 3 N–H and O–H groups in total. The van der Waals surface area contributed by atoms with Gasteiger partial charge in [-0.1, -0.05) is 0 Å². The monoisotopic (exact) mass is 119 g/mol. The summed E-state index contributed by atoms with van der Waals surface area (Å²) in [7, 11) is 1.73. The second-order valence-electron chi connectivity index (χ2n) is 2.19. The molecule has 1 atom stereocenters. The Hall–Kier alpha value is -0.120.